The van der Waals surface area contributed by atoms with Gasteiger partial charge < -0.3 is 10.6 Å². The number of hydrogen-bond donors (Lipinski definition) is 1. The Hall–Kier alpha value is -1.30. The summed E-state index contributed by atoms with van der Waals surface area (Å²) in [5.74, 6) is 0.506. The third-order valence-corrected chi connectivity index (χ3v) is 2.40. The number of aromatic nitrogens is 1. The van der Waals surface area contributed by atoms with Crippen LogP contribution in [0.25, 0.3) is 0 Å². The van der Waals surface area contributed by atoms with Gasteiger partial charge in [-0.1, -0.05) is 6.07 Å². The number of nitrogens with two attached hydrogens (primary N) is 1. The summed E-state index contributed by atoms with van der Waals surface area (Å²) in [5.41, 5.74) is 6.49. The summed E-state index contributed by atoms with van der Waals surface area (Å²) in [7, 11) is 1.58. The van der Waals surface area contributed by atoms with Gasteiger partial charge >= 0.3 is 6.18 Å². The monoisotopic (exact) mass is 247 g/mol. The van der Waals surface area contributed by atoms with Gasteiger partial charge in [0.05, 0.1) is 6.42 Å². The van der Waals surface area contributed by atoms with Crippen LogP contribution in [-0.2, 0) is 0 Å². The predicted octanol–water partition coefficient (Wildman–Crippen LogP) is 2.49. The van der Waals surface area contributed by atoms with E-state index in [0.717, 1.165) is 5.56 Å². The molecule has 96 valence electrons. The van der Waals surface area contributed by atoms with Gasteiger partial charge in [-0.25, -0.2) is 4.98 Å². The second-order valence-corrected chi connectivity index (χ2v) is 3.99. The highest BCUT2D eigenvalue weighted by atomic mass is 19.4. The number of halogens is 3. The summed E-state index contributed by atoms with van der Waals surface area (Å²) >= 11 is 0. The Labute approximate surface area is 98.4 Å². The van der Waals surface area contributed by atoms with E-state index in [1.807, 2.05) is 0 Å². The van der Waals surface area contributed by atoms with Crippen LogP contribution in [0, 0.1) is 0 Å². The number of rotatable bonds is 4. The van der Waals surface area contributed by atoms with Crippen LogP contribution in [0.3, 0.4) is 0 Å². The molecule has 1 heterocycles. The zero-order valence-corrected chi connectivity index (χ0v) is 9.83. The third kappa shape index (κ3) is 4.22. The Morgan fingerprint density at radius 3 is 2.65 bits per heavy atom. The molecule has 0 saturated heterocycles. The fraction of sp³-hybridized carbons (Fsp3) is 0.545. The van der Waals surface area contributed by atoms with Gasteiger partial charge in [0, 0.05) is 31.4 Å². The molecule has 0 spiro atoms. The third-order valence-electron chi connectivity index (χ3n) is 2.40. The zero-order valence-electron chi connectivity index (χ0n) is 9.83. The molecular weight excluding hydrogens is 231 g/mol. The molecule has 0 amide bonds. The number of alkyl halides is 3. The lowest BCUT2D eigenvalue weighted by Gasteiger charge is -2.22. The molecular formula is C11H16F3N3. The van der Waals surface area contributed by atoms with Crippen LogP contribution in [0.1, 0.15) is 24.9 Å². The number of nitrogens with zero attached hydrogens (tertiary/aromatic N) is 2. The maximum atomic E-state index is 12.1. The van der Waals surface area contributed by atoms with E-state index in [9.17, 15) is 13.2 Å². The number of anilines is 1. The van der Waals surface area contributed by atoms with E-state index in [2.05, 4.69) is 4.98 Å². The molecule has 3 nitrogen and oxygen atoms in total. The summed E-state index contributed by atoms with van der Waals surface area (Å²) in [4.78, 5) is 5.56. The van der Waals surface area contributed by atoms with E-state index in [1.165, 1.54) is 4.90 Å². The van der Waals surface area contributed by atoms with Gasteiger partial charge in [-0.3, -0.25) is 0 Å². The normalized spacial score (nSPS) is 13.5. The molecule has 2 N–H and O–H groups in total. The zero-order chi connectivity index (χ0) is 13.1. The van der Waals surface area contributed by atoms with Crippen LogP contribution in [0.2, 0.25) is 0 Å². The van der Waals surface area contributed by atoms with E-state index in [0.29, 0.717) is 5.82 Å². The molecule has 0 aliphatic rings. The minimum Gasteiger partial charge on any atom is -0.359 e. The maximum Gasteiger partial charge on any atom is 0.390 e. The van der Waals surface area contributed by atoms with E-state index in [-0.39, 0.29) is 12.6 Å². The second kappa shape index (κ2) is 5.35. The highest BCUT2D eigenvalue weighted by molar-refractivity contribution is 5.47. The Bertz CT molecular complexity index is 363. The molecule has 0 radical (unpaired) electrons. The molecule has 0 aliphatic carbocycles. The van der Waals surface area contributed by atoms with Crippen LogP contribution in [-0.4, -0.2) is 24.8 Å². The molecule has 1 aromatic rings. The topological polar surface area (TPSA) is 42.1 Å². The average Bonchev–Trinajstić information content (AvgIpc) is 2.25. The second-order valence-electron chi connectivity index (χ2n) is 3.99. The number of hydrogen-bond acceptors (Lipinski definition) is 3. The van der Waals surface area contributed by atoms with Crippen molar-refractivity contribution in [3.05, 3.63) is 23.9 Å². The molecule has 0 bridgehead atoms. The maximum absolute atomic E-state index is 12.1. The van der Waals surface area contributed by atoms with Crippen molar-refractivity contribution in [1.29, 1.82) is 0 Å². The van der Waals surface area contributed by atoms with Crippen molar-refractivity contribution in [3.63, 3.8) is 0 Å². The van der Waals surface area contributed by atoms with Crippen molar-refractivity contribution in [1.82, 2.24) is 4.98 Å². The fourth-order valence-electron chi connectivity index (χ4n) is 1.48. The summed E-state index contributed by atoms with van der Waals surface area (Å²) in [6, 6.07) is 3.24. The lowest BCUT2D eigenvalue weighted by atomic mass is 10.1. The first-order valence-corrected chi connectivity index (χ1v) is 5.29. The summed E-state index contributed by atoms with van der Waals surface area (Å²) in [6.45, 7) is 1.65. The first kappa shape index (κ1) is 13.8. The van der Waals surface area contributed by atoms with Crippen LogP contribution < -0.4 is 10.6 Å². The van der Waals surface area contributed by atoms with Gasteiger partial charge in [-0.05, 0) is 13.0 Å². The average molecular weight is 247 g/mol. The quantitative estimate of drug-likeness (QED) is 0.888. The summed E-state index contributed by atoms with van der Waals surface area (Å²) in [5, 5.41) is 0. The van der Waals surface area contributed by atoms with Crippen LogP contribution in [0.4, 0.5) is 19.0 Å². The Balaban J connectivity index is 2.78. The Morgan fingerprint density at radius 1 is 1.47 bits per heavy atom. The SMILES string of the molecule is CC(N)c1cccnc1N(C)CCC(F)(F)F. The van der Waals surface area contributed by atoms with Gasteiger partial charge in [0.15, 0.2) is 0 Å². The van der Waals surface area contributed by atoms with E-state index < -0.39 is 12.6 Å². The Morgan fingerprint density at radius 2 is 2.12 bits per heavy atom. The van der Waals surface area contributed by atoms with Gasteiger partial charge in [-0.2, -0.15) is 13.2 Å². The molecule has 1 unspecified atom stereocenters. The number of pyridine rings is 1. The smallest absolute Gasteiger partial charge is 0.359 e. The van der Waals surface area contributed by atoms with Gasteiger partial charge in [0.1, 0.15) is 5.82 Å². The standard InChI is InChI=1S/C11H16F3N3/c1-8(15)9-4-3-6-16-10(9)17(2)7-5-11(12,13)14/h3-4,6,8H,5,7,15H2,1-2H3. The van der Waals surface area contributed by atoms with Crippen molar-refractivity contribution < 1.29 is 13.2 Å². The van der Waals surface area contributed by atoms with E-state index in [4.69, 9.17) is 5.73 Å². The van der Waals surface area contributed by atoms with Crippen molar-refractivity contribution in [2.24, 2.45) is 5.73 Å². The largest absolute Gasteiger partial charge is 0.390 e. The van der Waals surface area contributed by atoms with Gasteiger partial charge in [0.2, 0.25) is 0 Å². The fourth-order valence-corrected chi connectivity index (χ4v) is 1.48. The Kier molecular flexibility index (Phi) is 4.34. The molecule has 0 fully saturated rings. The van der Waals surface area contributed by atoms with Crippen molar-refractivity contribution >= 4 is 5.82 Å². The predicted molar refractivity (Wildman–Crippen MR) is 60.8 cm³/mol. The highest BCUT2D eigenvalue weighted by Gasteiger charge is 2.27. The molecule has 1 aromatic heterocycles. The van der Waals surface area contributed by atoms with Crippen molar-refractivity contribution in [2.45, 2.75) is 25.6 Å². The minimum absolute atomic E-state index is 0.125. The molecule has 1 rings (SSSR count). The summed E-state index contributed by atoms with van der Waals surface area (Å²) < 4.78 is 36.4. The molecule has 0 saturated carbocycles. The van der Waals surface area contributed by atoms with Gasteiger partial charge in [-0.15, -0.1) is 0 Å². The first-order valence-electron chi connectivity index (χ1n) is 5.29. The lowest BCUT2D eigenvalue weighted by molar-refractivity contribution is -0.132. The van der Waals surface area contributed by atoms with Gasteiger partial charge in [0.25, 0.3) is 0 Å². The molecule has 1 atom stereocenters. The first-order chi connectivity index (χ1) is 7.81. The van der Waals surface area contributed by atoms with Crippen LogP contribution in [0.15, 0.2) is 18.3 Å². The lowest BCUT2D eigenvalue weighted by Crippen LogP contribution is -2.26. The van der Waals surface area contributed by atoms with Crippen molar-refractivity contribution in [2.75, 3.05) is 18.5 Å². The molecule has 0 aliphatic heterocycles. The molecule has 6 heteroatoms. The van der Waals surface area contributed by atoms with Crippen LogP contribution >= 0.6 is 0 Å². The molecule has 0 aromatic carbocycles. The highest BCUT2D eigenvalue weighted by Crippen LogP contribution is 2.24. The summed E-state index contributed by atoms with van der Waals surface area (Å²) in [6.07, 6.45) is -3.47. The molecule has 17 heavy (non-hydrogen) atoms. The van der Waals surface area contributed by atoms with Crippen molar-refractivity contribution in [3.8, 4) is 0 Å². The van der Waals surface area contributed by atoms with Crippen LogP contribution in [0.5, 0.6) is 0 Å². The minimum atomic E-state index is -4.16. The van der Waals surface area contributed by atoms with E-state index in [1.54, 1.807) is 32.3 Å². The van der Waals surface area contributed by atoms with E-state index >= 15 is 0 Å².